The topological polar surface area (TPSA) is 93.4 Å². The number of aromatic amines is 1. The van der Waals surface area contributed by atoms with Gasteiger partial charge in [0, 0.05) is 5.75 Å². The zero-order valence-electron chi connectivity index (χ0n) is 8.14. The highest BCUT2D eigenvalue weighted by atomic mass is 32.2. The van der Waals surface area contributed by atoms with Gasteiger partial charge in [0.25, 0.3) is 0 Å². The highest BCUT2D eigenvalue weighted by Crippen LogP contribution is 2.16. The summed E-state index contributed by atoms with van der Waals surface area (Å²) in [6.07, 6.45) is 3.20. The second kappa shape index (κ2) is 4.26. The summed E-state index contributed by atoms with van der Waals surface area (Å²) >= 11 is 1.50. The van der Waals surface area contributed by atoms with Gasteiger partial charge in [0.2, 0.25) is 5.16 Å². The van der Waals surface area contributed by atoms with Crippen molar-refractivity contribution in [3.05, 3.63) is 23.9 Å². The molecule has 78 valence electrons. The van der Waals surface area contributed by atoms with E-state index >= 15 is 0 Å². The molecular weight excluding hydrogens is 212 g/mol. The molecule has 6 nitrogen and oxygen atoms in total. The molecule has 2 aromatic heterocycles. The van der Waals surface area contributed by atoms with Crippen LogP contribution in [0.25, 0.3) is 0 Å². The quantitative estimate of drug-likeness (QED) is 0.745. The third-order valence-corrected chi connectivity index (χ3v) is 2.53. The first-order valence-electron chi connectivity index (χ1n) is 4.32. The van der Waals surface area contributed by atoms with Gasteiger partial charge in [-0.15, -0.1) is 5.10 Å². The average Bonchev–Trinajstić information content (AvgIpc) is 2.64. The summed E-state index contributed by atoms with van der Waals surface area (Å²) in [6.45, 7) is 1.86. The maximum absolute atomic E-state index is 5.43. The fraction of sp³-hybridized carbons (Fsp3) is 0.250. The molecule has 2 heterocycles. The number of thioether (sulfide) groups is 1. The van der Waals surface area contributed by atoms with Crippen molar-refractivity contribution < 1.29 is 0 Å². The second-order valence-corrected chi connectivity index (χ2v) is 3.87. The number of hydrogen-bond donors (Lipinski definition) is 2. The van der Waals surface area contributed by atoms with Crippen molar-refractivity contribution in [2.24, 2.45) is 0 Å². The molecule has 0 aliphatic carbocycles. The van der Waals surface area contributed by atoms with Crippen LogP contribution in [0.4, 0.5) is 5.82 Å². The van der Waals surface area contributed by atoms with E-state index in [2.05, 4.69) is 25.1 Å². The van der Waals surface area contributed by atoms with E-state index in [-0.39, 0.29) is 0 Å². The summed E-state index contributed by atoms with van der Waals surface area (Å²) in [5.74, 6) is 1.92. The third-order valence-electron chi connectivity index (χ3n) is 1.65. The number of anilines is 1. The summed E-state index contributed by atoms with van der Waals surface area (Å²) in [6, 6.07) is 0. The van der Waals surface area contributed by atoms with Gasteiger partial charge in [-0.3, -0.25) is 10.1 Å². The Morgan fingerprint density at radius 3 is 2.87 bits per heavy atom. The SMILES string of the molecule is Cc1nc(SCc2cnc(N)cn2)n[nH]1. The number of nitrogens with one attached hydrogen (secondary N) is 1. The number of H-pyrrole nitrogens is 1. The maximum atomic E-state index is 5.43. The number of nitrogen functional groups attached to an aromatic ring is 1. The molecule has 0 aromatic carbocycles. The van der Waals surface area contributed by atoms with Crippen LogP contribution in [0.2, 0.25) is 0 Å². The Morgan fingerprint density at radius 2 is 2.27 bits per heavy atom. The number of aryl methyl sites for hydroxylation is 1. The minimum absolute atomic E-state index is 0.428. The van der Waals surface area contributed by atoms with Gasteiger partial charge in [-0.05, 0) is 6.92 Å². The molecular formula is C8H10N6S. The molecule has 0 aliphatic rings. The molecule has 0 unspecified atom stereocenters. The van der Waals surface area contributed by atoms with Crippen LogP contribution < -0.4 is 5.73 Å². The van der Waals surface area contributed by atoms with Crippen LogP contribution in [0.1, 0.15) is 11.5 Å². The molecule has 3 N–H and O–H groups in total. The summed E-state index contributed by atoms with van der Waals surface area (Å²) in [5.41, 5.74) is 6.29. The predicted molar refractivity (Wildman–Crippen MR) is 57.1 cm³/mol. The number of nitrogens with zero attached hydrogens (tertiary/aromatic N) is 4. The predicted octanol–water partition coefficient (Wildman–Crippen LogP) is 0.778. The van der Waals surface area contributed by atoms with E-state index < -0.39 is 0 Å². The van der Waals surface area contributed by atoms with Gasteiger partial charge in [-0.1, -0.05) is 11.8 Å². The molecule has 0 atom stereocenters. The highest BCUT2D eigenvalue weighted by molar-refractivity contribution is 7.98. The van der Waals surface area contributed by atoms with Crippen LogP contribution in [-0.2, 0) is 5.75 Å². The first-order chi connectivity index (χ1) is 7.24. The van der Waals surface area contributed by atoms with Gasteiger partial charge < -0.3 is 5.73 Å². The highest BCUT2D eigenvalue weighted by Gasteiger charge is 2.02. The largest absolute Gasteiger partial charge is 0.382 e. The summed E-state index contributed by atoms with van der Waals surface area (Å²) in [7, 11) is 0. The second-order valence-electron chi connectivity index (χ2n) is 2.92. The summed E-state index contributed by atoms with van der Waals surface area (Å²) in [4.78, 5) is 12.2. The molecule has 0 saturated carbocycles. The smallest absolute Gasteiger partial charge is 0.208 e. The number of hydrogen-bond acceptors (Lipinski definition) is 6. The van der Waals surface area contributed by atoms with E-state index in [1.165, 1.54) is 11.8 Å². The van der Waals surface area contributed by atoms with E-state index in [0.717, 1.165) is 11.5 Å². The van der Waals surface area contributed by atoms with E-state index in [1.54, 1.807) is 12.4 Å². The zero-order chi connectivity index (χ0) is 10.7. The first-order valence-corrected chi connectivity index (χ1v) is 5.31. The van der Waals surface area contributed by atoms with E-state index in [0.29, 0.717) is 16.7 Å². The summed E-state index contributed by atoms with van der Waals surface area (Å²) in [5, 5.41) is 7.49. The van der Waals surface area contributed by atoms with Crippen molar-refractivity contribution in [3.8, 4) is 0 Å². The lowest BCUT2D eigenvalue weighted by molar-refractivity contribution is 0.967. The van der Waals surface area contributed by atoms with Crippen molar-refractivity contribution in [3.63, 3.8) is 0 Å². The number of rotatable bonds is 3. The summed E-state index contributed by atoms with van der Waals surface area (Å²) < 4.78 is 0. The molecule has 0 aliphatic heterocycles. The van der Waals surface area contributed by atoms with Crippen LogP contribution >= 0.6 is 11.8 Å². The normalized spacial score (nSPS) is 10.5. The molecule has 0 spiro atoms. The van der Waals surface area contributed by atoms with Crippen LogP contribution in [-0.4, -0.2) is 25.1 Å². The Kier molecular flexibility index (Phi) is 2.82. The standard InChI is InChI=1S/C8H10N6S/c1-5-12-8(14-13-5)15-4-6-2-11-7(9)3-10-6/h2-3H,4H2,1H3,(H2,9,11)(H,12,13,14). The molecule has 7 heteroatoms. The lowest BCUT2D eigenvalue weighted by atomic mass is 10.5. The van der Waals surface area contributed by atoms with Gasteiger partial charge in [0.1, 0.15) is 11.6 Å². The molecule has 0 bridgehead atoms. The minimum Gasteiger partial charge on any atom is -0.382 e. The molecule has 0 saturated heterocycles. The third kappa shape index (κ3) is 2.66. The van der Waals surface area contributed by atoms with Crippen molar-refractivity contribution in [1.82, 2.24) is 25.1 Å². The fourth-order valence-corrected chi connectivity index (χ4v) is 1.70. The van der Waals surface area contributed by atoms with Crippen molar-refractivity contribution in [2.75, 3.05) is 5.73 Å². The van der Waals surface area contributed by atoms with Crippen LogP contribution in [0.3, 0.4) is 0 Å². The van der Waals surface area contributed by atoms with Crippen LogP contribution in [0, 0.1) is 6.92 Å². The lowest BCUT2D eigenvalue weighted by Gasteiger charge is -1.97. The van der Waals surface area contributed by atoms with Gasteiger partial charge in [0.15, 0.2) is 0 Å². The molecule has 2 aromatic rings. The number of aromatic nitrogens is 5. The lowest BCUT2D eigenvalue weighted by Crippen LogP contribution is -1.94. The van der Waals surface area contributed by atoms with Crippen molar-refractivity contribution in [1.29, 1.82) is 0 Å². The van der Waals surface area contributed by atoms with Gasteiger partial charge in [0.05, 0.1) is 18.1 Å². The monoisotopic (exact) mass is 222 g/mol. The first kappa shape index (κ1) is 9.91. The zero-order valence-corrected chi connectivity index (χ0v) is 8.95. The van der Waals surface area contributed by atoms with Crippen molar-refractivity contribution >= 4 is 17.6 Å². The Balaban J connectivity index is 1.96. The van der Waals surface area contributed by atoms with Gasteiger partial charge >= 0.3 is 0 Å². The van der Waals surface area contributed by atoms with E-state index in [4.69, 9.17) is 5.73 Å². The fourth-order valence-electron chi connectivity index (χ4n) is 0.965. The molecule has 0 radical (unpaired) electrons. The average molecular weight is 222 g/mol. The molecule has 2 rings (SSSR count). The maximum Gasteiger partial charge on any atom is 0.208 e. The van der Waals surface area contributed by atoms with Crippen LogP contribution in [0.5, 0.6) is 0 Å². The van der Waals surface area contributed by atoms with Crippen molar-refractivity contribution in [2.45, 2.75) is 17.8 Å². The number of nitrogens with two attached hydrogens (primary N) is 1. The Morgan fingerprint density at radius 1 is 1.40 bits per heavy atom. The Labute approximate surface area is 90.7 Å². The van der Waals surface area contributed by atoms with Gasteiger partial charge in [-0.2, -0.15) is 0 Å². The molecule has 15 heavy (non-hydrogen) atoms. The van der Waals surface area contributed by atoms with E-state index in [1.807, 2.05) is 6.92 Å². The molecule has 0 amide bonds. The minimum atomic E-state index is 0.428. The Hall–Kier alpha value is -1.63. The Bertz CT molecular complexity index is 437. The van der Waals surface area contributed by atoms with E-state index in [9.17, 15) is 0 Å². The molecule has 0 fully saturated rings. The van der Waals surface area contributed by atoms with Crippen LogP contribution in [0.15, 0.2) is 17.6 Å². The van der Waals surface area contributed by atoms with Gasteiger partial charge in [-0.25, -0.2) is 9.97 Å².